The zero-order valence-corrected chi connectivity index (χ0v) is 13.2. The van der Waals surface area contributed by atoms with Crippen LogP contribution in [0.15, 0.2) is 24.5 Å². The van der Waals surface area contributed by atoms with Crippen LogP contribution in [0.4, 0.5) is 0 Å². The van der Waals surface area contributed by atoms with Crippen molar-refractivity contribution >= 4 is 22.9 Å². The van der Waals surface area contributed by atoms with E-state index in [1.54, 1.807) is 18.4 Å². The van der Waals surface area contributed by atoms with Crippen LogP contribution in [-0.2, 0) is 6.42 Å². The maximum atomic E-state index is 6.03. The standard InChI is InChI=1S/C14H18ClN3OS/c1-3-6-16-11(12-4-5-13(15)20-12)7-10-8-14(19-2)18-9-17-10/h4-5,8-9,11,16H,3,6-7H2,1-2H3. The van der Waals surface area contributed by atoms with Crippen molar-refractivity contribution in [3.8, 4) is 5.88 Å². The first-order valence-corrected chi connectivity index (χ1v) is 7.76. The van der Waals surface area contributed by atoms with E-state index >= 15 is 0 Å². The van der Waals surface area contributed by atoms with Gasteiger partial charge in [-0.25, -0.2) is 9.97 Å². The lowest BCUT2D eigenvalue weighted by atomic mass is 10.1. The molecule has 0 saturated heterocycles. The zero-order valence-electron chi connectivity index (χ0n) is 11.6. The van der Waals surface area contributed by atoms with Gasteiger partial charge in [0.15, 0.2) is 0 Å². The molecule has 20 heavy (non-hydrogen) atoms. The minimum Gasteiger partial charge on any atom is -0.481 e. The molecule has 2 aromatic rings. The number of halogens is 1. The Morgan fingerprint density at radius 1 is 1.40 bits per heavy atom. The van der Waals surface area contributed by atoms with Gasteiger partial charge in [-0.2, -0.15) is 0 Å². The van der Waals surface area contributed by atoms with Gasteiger partial charge in [-0.1, -0.05) is 18.5 Å². The number of hydrogen-bond acceptors (Lipinski definition) is 5. The second kappa shape index (κ2) is 7.57. The van der Waals surface area contributed by atoms with Gasteiger partial charge in [-0.3, -0.25) is 0 Å². The van der Waals surface area contributed by atoms with Crippen molar-refractivity contribution in [3.63, 3.8) is 0 Å². The molecule has 1 atom stereocenters. The van der Waals surface area contributed by atoms with Gasteiger partial charge in [0, 0.05) is 29.1 Å². The summed E-state index contributed by atoms with van der Waals surface area (Å²) < 4.78 is 5.95. The third-order valence-electron chi connectivity index (χ3n) is 2.90. The molecule has 6 heteroatoms. The highest BCUT2D eigenvalue weighted by Gasteiger charge is 2.15. The van der Waals surface area contributed by atoms with E-state index in [2.05, 4.69) is 28.3 Å². The number of nitrogens with one attached hydrogen (secondary N) is 1. The van der Waals surface area contributed by atoms with Gasteiger partial charge in [-0.15, -0.1) is 11.3 Å². The Labute approximate surface area is 128 Å². The maximum absolute atomic E-state index is 6.03. The lowest BCUT2D eigenvalue weighted by Crippen LogP contribution is -2.23. The highest BCUT2D eigenvalue weighted by atomic mass is 35.5. The molecule has 2 heterocycles. The molecular formula is C14H18ClN3OS. The fourth-order valence-electron chi connectivity index (χ4n) is 1.92. The number of hydrogen-bond donors (Lipinski definition) is 1. The van der Waals surface area contributed by atoms with Crippen molar-refractivity contribution < 1.29 is 4.74 Å². The van der Waals surface area contributed by atoms with Crippen LogP contribution in [-0.4, -0.2) is 23.6 Å². The van der Waals surface area contributed by atoms with Crippen LogP contribution >= 0.6 is 22.9 Å². The molecule has 0 aliphatic carbocycles. The maximum Gasteiger partial charge on any atom is 0.216 e. The van der Waals surface area contributed by atoms with Gasteiger partial charge >= 0.3 is 0 Å². The molecule has 2 rings (SSSR count). The SMILES string of the molecule is CCCNC(Cc1cc(OC)ncn1)c1ccc(Cl)s1. The number of nitrogens with zero attached hydrogens (tertiary/aromatic N) is 2. The van der Waals surface area contributed by atoms with Crippen LogP contribution in [0.25, 0.3) is 0 Å². The summed E-state index contributed by atoms with van der Waals surface area (Å²) in [7, 11) is 1.61. The summed E-state index contributed by atoms with van der Waals surface area (Å²) in [5.74, 6) is 0.591. The number of aromatic nitrogens is 2. The molecule has 1 N–H and O–H groups in total. The third kappa shape index (κ3) is 4.16. The minimum absolute atomic E-state index is 0.215. The molecule has 1 unspecified atom stereocenters. The van der Waals surface area contributed by atoms with Gasteiger partial charge in [-0.05, 0) is 25.1 Å². The summed E-state index contributed by atoms with van der Waals surface area (Å²) in [4.78, 5) is 9.56. The van der Waals surface area contributed by atoms with E-state index in [4.69, 9.17) is 16.3 Å². The quantitative estimate of drug-likeness (QED) is 0.850. The summed E-state index contributed by atoms with van der Waals surface area (Å²) >= 11 is 7.64. The molecule has 0 fully saturated rings. The number of ether oxygens (including phenoxy) is 1. The van der Waals surface area contributed by atoms with Crippen LogP contribution in [0.3, 0.4) is 0 Å². The Morgan fingerprint density at radius 2 is 2.25 bits per heavy atom. The Balaban J connectivity index is 2.14. The minimum atomic E-state index is 0.215. The Kier molecular flexibility index (Phi) is 5.76. The topological polar surface area (TPSA) is 47.0 Å². The molecular weight excluding hydrogens is 294 g/mol. The van der Waals surface area contributed by atoms with Gasteiger partial charge in [0.2, 0.25) is 5.88 Å². The Bertz CT molecular complexity index is 547. The van der Waals surface area contributed by atoms with Crippen molar-refractivity contribution in [1.29, 1.82) is 0 Å². The fraction of sp³-hybridized carbons (Fsp3) is 0.429. The van der Waals surface area contributed by atoms with E-state index in [1.165, 1.54) is 11.2 Å². The molecule has 0 aliphatic heterocycles. The van der Waals surface area contributed by atoms with Crippen molar-refractivity contribution in [2.45, 2.75) is 25.8 Å². The summed E-state index contributed by atoms with van der Waals surface area (Å²) in [6.45, 7) is 3.11. The van der Waals surface area contributed by atoms with Crippen LogP contribution in [0.1, 0.15) is 30.0 Å². The van der Waals surface area contributed by atoms with Crippen molar-refractivity contribution in [3.05, 3.63) is 39.4 Å². The lowest BCUT2D eigenvalue weighted by molar-refractivity contribution is 0.395. The first kappa shape index (κ1) is 15.2. The van der Waals surface area contributed by atoms with E-state index in [-0.39, 0.29) is 6.04 Å². The van der Waals surface area contributed by atoms with Crippen molar-refractivity contribution in [2.75, 3.05) is 13.7 Å². The van der Waals surface area contributed by atoms with Crippen molar-refractivity contribution in [2.24, 2.45) is 0 Å². The molecule has 108 valence electrons. The number of thiophene rings is 1. The van der Waals surface area contributed by atoms with Gasteiger partial charge in [0.25, 0.3) is 0 Å². The van der Waals surface area contributed by atoms with Crippen LogP contribution in [0.2, 0.25) is 4.34 Å². The number of rotatable bonds is 7. The van der Waals surface area contributed by atoms with Crippen molar-refractivity contribution in [1.82, 2.24) is 15.3 Å². The molecule has 0 bridgehead atoms. The normalized spacial score (nSPS) is 12.3. The lowest BCUT2D eigenvalue weighted by Gasteiger charge is -2.16. The van der Waals surface area contributed by atoms with E-state index in [9.17, 15) is 0 Å². The summed E-state index contributed by atoms with van der Waals surface area (Å²) in [5, 5.41) is 3.54. The molecule has 0 amide bonds. The number of methoxy groups -OCH3 is 1. The van der Waals surface area contributed by atoms with Gasteiger partial charge in [0.1, 0.15) is 6.33 Å². The fourth-order valence-corrected chi connectivity index (χ4v) is 3.05. The van der Waals surface area contributed by atoms with E-state index < -0.39 is 0 Å². The molecule has 0 spiro atoms. The Morgan fingerprint density at radius 3 is 2.90 bits per heavy atom. The van der Waals surface area contributed by atoms with Gasteiger partial charge in [0.05, 0.1) is 11.4 Å². The predicted octanol–water partition coefficient (Wildman–Crippen LogP) is 3.48. The smallest absolute Gasteiger partial charge is 0.216 e. The van der Waals surface area contributed by atoms with Crippen LogP contribution in [0.5, 0.6) is 5.88 Å². The highest BCUT2D eigenvalue weighted by molar-refractivity contribution is 7.16. The second-order valence-corrected chi connectivity index (χ2v) is 6.15. The first-order chi connectivity index (χ1) is 9.72. The highest BCUT2D eigenvalue weighted by Crippen LogP contribution is 2.29. The van der Waals surface area contributed by atoms with Crippen LogP contribution < -0.4 is 10.1 Å². The summed E-state index contributed by atoms with van der Waals surface area (Å²) in [5.41, 5.74) is 0.954. The molecule has 0 saturated carbocycles. The second-order valence-electron chi connectivity index (χ2n) is 4.40. The largest absolute Gasteiger partial charge is 0.481 e. The molecule has 4 nitrogen and oxygen atoms in total. The van der Waals surface area contributed by atoms with Gasteiger partial charge < -0.3 is 10.1 Å². The molecule has 0 radical (unpaired) electrons. The summed E-state index contributed by atoms with van der Waals surface area (Å²) in [6.07, 6.45) is 3.41. The first-order valence-electron chi connectivity index (χ1n) is 6.56. The van der Waals surface area contributed by atoms with E-state index in [0.29, 0.717) is 5.88 Å². The van der Waals surface area contributed by atoms with E-state index in [1.807, 2.05) is 12.1 Å². The average molecular weight is 312 g/mol. The molecule has 0 aliphatic rings. The molecule has 0 aromatic carbocycles. The van der Waals surface area contributed by atoms with E-state index in [0.717, 1.165) is 29.4 Å². The summed E-state index contributed by atoms with van der Waals surface area (Å²) in [6, 6.07) is 6.09. The average Bonchev–Trinajstić information content (AvgIpc) is 2.90. The predicted molar refractivity (Wildman–Crippen MR) is 82.7 cm³/mol. The third-order valence-corrected chi connectivity index (χ3v) is 4.24. The van der Waals surface area contributed by atoms with Crippen LogP contribution in [0, 0.1) is 0 Å². The monoisotopic (exact) mass is 311 g/mol. The Hall–Kier alpha value is -1.17. The molecule has 2 aromatic heterocycles. The zero-order chi connectivity index (χ0) is 14.4.